The lowest BCUT2D eigenvalue weighted by molar-refractivity contribution is -0.118. The molecule has 0 aliphatic carbocycles. The minimum absolute atomic E-state index is 0.123. The van der Waals surface area contributed by atoms with Crippen LogP contribution in [0.1, 0.15) is 29.3 Å². The van der Waals surface area contributed by atoms with E-state index in [1.54, 1.807) is 0 Å². The van der Waals surface area contributed by atoms with Gasteiger partial charge in [-0.1, -0.05) is 6.92 Å². The van der Waals surface area contributed by atoms with Crippen LogP contribution in [0.3, 0.4) is 0 Å². The Bertz CT molecular complexity index is 567. The Hall–Kier alpha value is -1.49. The molecule has 2 heterocycles. The van der Waals surface area contributed by atoms with E-state index >= 15 is 0 Å². The van der Waals surface area contributed by atoms with Crippen molar-refractivity contribution in [2.75, 3.05) is 36.0 Å². The largest absolute Gasteiger partial charge is 0.337 e. The van der Waals surface area contributed by atoms with Crippen LogP contribution in [0.25, 0.3) is 0 Å². The second kappa shape index (κ2) is 6.10. The molecule has 2 aliphatic rings. The van der Waals surface area contributed by atoms with Gasteiger partial charge in [0.15, 0.2) is 0 Å². The number of thioether (sulfide) groups is 1. The van der Waals surface area contributed by atoms with Gasteiger partial charge >= 0.3 is 0 Å². The van der Waals surface area contributed by atoms with Gasteiger partial charge in [0, 0.05) is 48.8 Å². The molecule has 1 aromatic rings. The first-order chi connectivity index (χ1) is 10.2. The highest BCUT2D eigenvalue weighted by Crippen LogP contribution is 2.30. The number of anilines is 1. The first-order valence-electron chi connectivity index (χ1n) is 7.51. The summed E-state index contributed by atoms with van der Waals surface area (Å²) in [6.45, 7) is 4.29. The molecule has 0 unspecified atom stereocenters. The van der Waals surface area contributed by atoms with Crippen molar-refractivity contribution < 1.29 is 9.59 Å². The fraction of sp³-hybridized carbons (Fsp3) is 0.500. The molecule has 112 valence electrons. The highest BCUT2D eigenvalue weighted by molar-refractivity contribution is 7.99. The fourth-order valence-corrected chi connectivity index (χ4v) is 3.84. The molecule has 2 aliphatic heterocycles. The average Bonchev–Trinajstić information content (AvgIpc) is 2.97. The monoisotopic (exact) mass is 304 g/mol. The Balaban J connectivity index is 1.80. The quantitative estimate of drug-likeness (QED) is 0.841. The summed E-state index contributed by atoms with van der Waals surface area (Å²) < 4.78 is 0. The lowest BCUT2D eigenvalue weighted by Crippen LogP contribution is -2.37. The van der Waals surface area contributed by atoms with Crippen LogP contribution in [0.5, 0.6) is 0 Å². The molecule has 21 heavy (non-hydrogen) atoms. The third kappa shape index (κ3) is 2.79. The molecule has 0 saturated carbocycles. The minimum Gasteiger partial charge on any atom is -0.337 e. The van der Waals surface area contributed by atoms with Gasteiger partial charge in [0.2, 0.25) is 5.91 Å². The van der Waals surface area contributed by atoms with E-state index in [1.165, 1.54) is 0 Å². The Morgan fingerprint density at radius 2 is 1.95 bits per heavy atom. The Kier molecular flexibility index (Phi) is 4.19. The summed E-state index contributed by atoms with van der Waals surface area (Å²) in [7, 11) is 0. The van der Waals surface area contributed by atoms with E-state index in [4.69, 9.17) is 0 Å². The van der Waals surface area contributed by atoms with E-state index in [9.17, 15) is 9.59 Å². The van der Waals surface area contributed by atoms with Crippen molar-refractivity contribution >= 4 is 29.3 Å². The van der Waals surface area contributed by atoms with E-state index < -0.39 is 0 Å². The van der Waals surface area contributed by atoms with Gasteiger partial charge < -0.3 is 9.80 Å². The van der Waals surface area contributed by atoms with Crippen LogP contribution >= 0.6 is 11.8 Å². The Morgan fingerprint density at radius 3 is 2.67 bits per heavy atom. The number of benzene rings is 1. The molecule has 1 saturated heterocycles. The van der Waals surface area contributed by atoms with Gasteiger partial charge in [-0.15, -0.1) is 0 Å². The number of carbonyl (C=O) groups is 2. The maximum absolute atomic E-state index is 12.5. The summed E-state index contributed by atoms with van der Waals surface area (Å²) in [5.41, 5.74) is 2.85. The predicted octanol–water partition coefficient (Wildman–Crippen LogP) is 2.17. The van der Waals surface area contributed by atoms with E-state index in [2.05, 4.69) is 0 Å². The summed E-state index contributed by atoms with van der Waals surface area (Å²) >= 11 is 1.90. The molecule has 0 spiro atoms. The molecule has 0 bridgehead atoms. The van der Waals surface area contributed by atoms with Crippen molar-refractivity contribution in [3.8, 4) is 0 Å². The van der Waals surface area contributed by atoms with Crippen molar-refractivity contribution in [1.82, 2.24) is 4.90 Å². The molecular weight excluding hydrogens is 284 g/mol. The number of rotatable bonds is 2. The maximum Gasteiger partial charge on any atom is 0.253 e. The van der Waals surface area contributed by atoms with Gasteiger partial charge in [-0.05, 0) is 30.2 Å². The lowest BCUT2D eigenvalue weighted by Gasteiger charge is -2.26. The van der Waals surface area contributed by atoms with Gasteiger partial charge in [-0.2, -0.15) is 11.8 Å². The number of amides is 2. The molecule has 2 amide bonds. The first kappa shape index (κ1) is 14.4. The zero-order valence-electron chi connectivity index (χ0n) is 12.3. The molecule has 0 radical (unpaired) electrons. The van der Waals surface area contributed by atoms with E-state index in [0.717, 1.165) is 54.4 Å². The summed E-state index contributed by atoms with van der Waals surface area (Å²) in [6, 6.07) is 5.77. The lowest BCUT2D eigenvalue weighted by atomic mass is 10.1. The molecule has 3 rings (SSSR count). The topological polar surface area (TPSA) is 40.6 Å². The number of carbonyl (C=O) groups excluding carboxylic acids is 2. The Labute approximate surface area is 129 Å². The third-order valence-corrected chi connectivity index (χ3v) is 5.07. The number of hydrogen-bond donors (Lipinski definition) is 0. The molecule has 1 aromatic carbocycles. The van der Waals surface area contributed by atoms with Crippen LogP contribution in [0, 0.1) is 0 Å². The second-order valence-corrected chi connectivity index (χ2v) is 6.62. The molecular formula is C16H20N2O2S. The molecule has 0 N–H and O–H groups in total. The number of nitrogens with zero attached hydrogens (tertiary/aromatic N) is 2. The van der Waals surface area contributed by atoms with E-state index in [0.29, 0.717) is 6.42 Å². The predicted molar refractivity (Wildman–Crippen MR) is 86.0 cm³/mol. The SMILES string of the molecule is CCC(=O)N1CCc2cc(C(=O)N3CCSCC3)ccc21. The van der Waals surface area contributed by atoms with E-state index in [-0.39, 0.29) is 11.8 Å². The van der Waals surface area contributed by atoms with Crippen LogP contribution in [-0.2, 0) is 11.2 Å². The number of hydrogen-bond acceptors (Lipinski definition) is 3. The van der Waals surface area contributed by atoms with Crippen LogP contribution in [-0.4, -0.2) is 47.9 Å². The third-order valence-electron chi connectivity index (χ3n) is 4.12. The molecule has 5 heteroatoms. The zero-order valence-corrected chi connectivity index (χ0v) is 13.1. The second-order valence-electron chi connectivity index (χ2n) is 5.40. The summed E-state index contributed by atoms with van der Waals surface area (Å²) in [5, 5.41) is 0. The molecule has 0 atom stereocenters. The van der Waals surface area contributed by atoms with E-state index in [1.807, 2.05) is 46.7 Å². The number of fused-ring (bicyclic) bond motifs is 1. The van der Waals surface area contributed by atoms with Gasteiger partial charge in [0.1, 0.15) is 0 Å². The molecule has 1 fully saturated rings. The van der Waals surface area contributed by atoms with Gasteiger partial charge in [-0.25, -0.2) is 0 Å². The summed E-state index contributed by atoms with van der Waals surface area (Å²) in [6.07, 6.45) is 1.36. The van der Waals surface area contributed by atoms with Gasteiger partial charge in [0.05, 0.1) is 0 Å². The van der Waals surface area contributed by atoms with Gasteiger partial charge in [-0.3, -0.25) is 9.59 Å². The minimum atomic E-state index is 0.123. The standard InChI is InChI=1S/C16H20N2O2S/c1-2-15(19)18-6-5-12-11-13(3-4-14(12)18)16(20)17-7-9-21-10-8-17/h3-4,11H,2,5-10H2,1H3. The first-order valence-corrected chi connectivity index (χ1v) is 8.66. The highest BCUT2D eigenvalue weighted by atomic mass is 32.2. The van der Waals surface area contributed by atoms with Crippen molar-refractivity contribution in [1.29, 1.82) is 0 Å². The van der Waals surface area contributed by atoms with Crippen LogP contribution < -0.4 is 4.90 Å². The van der Waals surface area contributed by atoms with Gasteiger partial charge in [0.25, 0.3) is 5.91 Å². The Morgan fingerprint density at radius 1 is 1.19 bits per heavy atom. The van der Waals surface area contributed by atoms with Crippen molar-refractivity contribution in [2.24, 2.45) is 0 Å². The smallest absolute Gasteiger partial charge is 0.253 e. The van der Waals surface area contributed by atoms with Crippen LogP contribution in [0.4, 0.5) is 5.69 Å². The fourth-order valence-electron chi connectivity index (χ4n) is 2.93. The maximum atomic E-state index is 12.5. The average molecular weight is 304 g/mol. The summed E-state index contributed by atoms with van der Waals surface area (Å²) in [5.74, 6) is 2.32. The summed E-state index contributed by atoms with van der Waals surface area (Å²) in [4.78, 5) is 28.2. The normalized spacial score (nSPS) is 17.8. The van der Waals surface area contributed by atoms with Crippen LogP contribution in [0.2, 0.25) is 0 Å². The van der Waals surface area contributed by atoms with Crippen LogP contribution in [0.15, 0.2) is 18.2 Å². The zero-order chi connectivity index (χ0) is 14.8. The molecule has 0 aromatic heterocycles. The molecule has 4 nitrogen and oxygen atoms in total. The highest BCUT2D eigenvalue weighted by Gasteiger charge is 2.25. The van der Waals surface area contributed by atoms with Crippen molar-refractivity contribution in [3.63, 3.8) is 0 Å². The van der Waals surface area contributed by atoms with Crippen molar-refractivity contribution in [2.45, 2.75) is 19.8 Å². The van der Waals surface area contributed by atoms with Crippen molar-refractivity contribution in [3.05, 3.63) is 29.3 Å².